The third-order valence-electron chi connectivity index (χ3n) is 7.56. The van der Waals surface area contributed by atoms with Gasteiger partial charge in [0.2, 0.25) is 0 Å². The molecule has 0 aliphatic carbocycles. The zero-order chi connectivity index (χ0) is 33.7. The van der Waals surface area contributed by atoms with Gasteiger partial charge < -0.3 is 18.9 Å². The number of esters is 2. The van der Waals surface area contributed by atoms with Gasteiger partial charge in [-0.25, -0.2) is 4.57 Å². The van der Waals surface area contributed by atoms with Crippen LogP contribution in [0, 0.1) is 0 Å². The third kappa shape index (κ3) is 32.5. The van der Waals surface area contributed by atoms with Gasteiger partial charge in [-0.15, -0.1) is 0 Å². The molecule has 0 saturated heterocycles. The molecule has 0 heterocycles. The average Bonchev–Trinajstić information content (AvgIpc) is 2.97. The molecule has 9 nitrogen and oxygen atoms in total. The molecule has 0 aromatic carbocycles. The van der Waals surface area contributed by atoms with Crippen LogP contribution >= 0.6 is 7.82 Å². The zero-order valence-electron chi connectivity index (χ0n) is 29.6. The van der Waals surface area contributed by atoms with Crippen LogP contribution in [-0.2, 0) is 32.7 Å². The lowest BCUT2D eigenvalue weighted by Gasteiger charge is -2.24. The Bertz CT molecular complexity index is 799. The Morgan fingerprint density at radius 1 is 0.689 bits per heavy atom. The molecule has 0 fully saturated rings. The van der Waals surface area contributed by atoms with Crippen LogP contribution in [0.2, 0.25) is 0 Å². The molecule has 2 atom stereocenters. The van der Waals surface area contributed by atoms with Crippen molar-refractivity contribution in [1.29, 1.82) is 0 Å². The van der Waals surface area contributed by atoms with Crippen molar-refractivity contribution in [1.82, 2.24) is 0 Å². The molecule has 45 heavy (non-hydrogen) atoms. The second-order valence-corrected chi connectivity index (χ2v) is 14.7. The summed E-state index contributed by atoms with van der Waals surface area (Å²) in [6.45, 7) is 4.28. The summed E-state index contributed by atoms with van der Waals surface area (Å²) in [4.78, 5) is 35.0. The SMILES string of the molecule is CC/C=C/CCCCCCCC(=O)O[C@@H](COC(=O)CCCCCCCCCCCCCC)COP(=O)(O)OCC[N+](C)(C)C. The fourth-order valence-corrected chi connectivity index (χ4v) is 5.46. The predicted molar refractivity (Wildman–Crippen MR) is 183 cm³/mol. The number of allylic oxidation sites excluding steroid dienone is 2. The van der Waals surface area contributed by atoms with Crippen molar-refractivity contribution in [3.63, 3.8) is 0 Å². The van der Waals surface area contributed by atoms with E-state index in [1.165, 1.54) is 57.8 Å². The van der Waals surface area contributed by atoms with Gasteiger partial charge in [0.1, 0.15) is 19.8 Å². The first-order valence-electron chi connectivity index (χ1n) is 17.9. The molecule has 0 spiro atoms. The topological polar surface area (TPSA) is 108 Å². The first kappa shape index (κ1) is 43.8. The number of ether oxygens (including phenoxy) is 2. The normalized spacial score (nSPS) is 14.0. The molecule has 0 aliphatic heterocycles. The minimum absolute atomic E-state index is 0.0324. The Morgan fingerprint density at radius 2 is 1.20 bits per heavy atom. The molecule has 0 aliphatic rings. The lowest BCUT2D eigenvalue weighted by atomic mass is 10.0. The summed E-state index contributed by atoms with van der Waals surface area (Å²) in [6, 6.07) is 0. The Morgan fingerprint density at radius 3 is 1.73 bits per heavy atom. The van der Waals surface area contributed by atoms with Crippen LogP contribution in [0.4, 0.5) is 0 Å². The lowest BCUT2D eigenvalue weighted by Crippen LogP contribution is -2.37. The Labute approximate surface area is 276 Å². The predicted octanol–water partition coefficient (Wildman–Crippen LogP) is 9.07. The molecule has 266 valence electrons. The van der Waals surface area contributed by atoms with Crippen molar-refractivity contribution < 1.29 is 42.1 Å². The molecule has 10 heteroatoms. The fourth-order valence-electron chi connectivity index (χ4n) is 4.72. The highest BCUT2D eigenvalue weighted by Gasteiger charge is 2.27. The maximum absolute atomic E-state index is 12.5. The molecule has 1 unspecified atom stereocenters. The summed E-state index contributed by atoms with van der Waals surface area (Å²) < 4.78 is 34.0. The molecule has 0 aromatic rings. The van der Waals surface area contributed by atoms with Crippen LogP contribution in [0.5, 0.6) is 0 Å². The number of rotatable bonds is 32. The van der Waals surface area contributed by atoms with Crippen LogP contribution in [0.1, 0.15) is 149 Å². The number of phosphoric ester groups is 1. The Balaban J connectivity index is 4.45. The molecule has 0 rings (SSSR count). The van der Waals surface area contributed by atoms with Gasteiger partial charge in [0.05, 0.1) is 27.7 Å². The molecule has 0 bridgehead atoms. The first-order chi connectivity index (χ1) is 21.5. The summed E-state index contributed by atoms with van der Waals surface area (Å²) in [6.07, 6.45) is 25.5. The van der Waals surface area contributed by atoms with E-state index in [-0.39, 0.29) is 25.6 Å². The van der Waals surface area contributed by atoms with Crippen molar-refractivity contribution in [3.05, 3.63) is 12.2 Å². The van der Waals surface area contributed by atoms with E-state index in [4.69, 9.17) is 18.5 Å². The van der Waals surface area contributed by atoms with Gasteiger partial charge in [0, 0.05) is 12.8 Å². The monoisotopic (exact) mass is 662 g/mol. The van der Waals surface area contributed by atoms with E-state index in [1.807, 2.05) is 21.1 Å². The standard InChI is InChI=1S/C35H68NO8P/c1-6-8-10-12-14-16-17-18-20-21-23-25-27-34(37)41-31-33(32-43-45(39,40)42-30-29-36(3,4)5)44-35(38)28-26-24-22-19-15-13-11-9-7-2/h9,11,33H,6-8,10,12-32H2,1-5H3/p+1/b11-9+/t33-/m0/s1. The first-order valence-corrected chi connectivity index (χ1v) is 19.4. The van der Waals surface area contributed by atoms with Gasteiger partial charge >= 0.3 is 19.8 Å². The second-order valence-electron chi connectivity index (χ2n) is 13.2. The molecule has 0 aromatic heterocycles. The molecule has 0 amide bonds. The van der Waals surface area contributed by atoms with Crippen molar-refractivity contribution in [2.75, 3.05) is 47.5 Å². The highest BCUT2D eigenvalue weighted by atomic mass is 31.2. The van der Waals surface area contributed by atoms with Gasteiger partial charge in [-0.3, -0.25) is 18.6 Å². The molecular formula is C35H69NO8P+. The van der Waals surface area contributed by atoms with E-state index in [0.717, 1.165) is 57.8 Å². The number of unbranched alkanes of at least 4 members (excludes halogenated alkanes) is 16. The highest BCUT2D eigenvalue weighted by Crippen LogP contribution is 2.43. The van der Waals surface area contributed by atoms with Crippen LogP contribution in [0.3, 0.4) is 0 Å². The van der Waals surface area contributed by atoms with Crippen LogP contribution in [0.25, 0.3) is 0 Å². The van der Waals surface area contributed by atoms with Crippen LogP contribution < -0.4 is 0 Å². The summed E-state index contributed by atoms with van der Waals surface area (Å²) >= 11 is 0. The van der Waals surface area contributed by atoms with Crippen molar-refractivity contribution in [2.45, 2.75) is 155 Å². The number of hydrogen-bond acceptors (Lipinski definition) is 7. The number of carbonyl (C=O) groups excluding carboxylic acids is 2. The Kier molecular flexibility index (Phi) is 28.1. The van der Waals surface area contributed by atoms with Crippen molar-refractivity contribution in [3.8, 4) is 0 Å². The van der Waals surface area contributed by atoms with E-state index in [0.29, 0.717) is 23.9 Å². The number of carbonyl (C=O) groups is 2. The number of nitrogens with zero attached hydrogens (tertiary/aromatic N) is 1. The maximum Gasteiger partial charge on any atom is 0.472 e. The quantitative estimate of drug-likeness (QED) is 0.0250. The number of quaternary nitrogens is 1. The van der Waals surface area contributed by atoms with E-state index < -0.39 is 26.5 Å². The third-order valence-corrected chi connectivity index (χ3v) is 8.54. The largest absolute Gasteiger partial charge is 0.472 e. The average molecular weight is 663 g/mol. The summed E-state index contributed by atoms with van der Waals surface area (Å²) in [5, 5.41) is 0. The zero-order valence-corrected chi connectivity index (χ0v) is 30.5. The van der Waals surface area contributed by atoms with Crippen molar-refractivity contribution >= 4 is 19.8 Å². The van der Waals surface area contributed by atoms with Crippen LogP contribution in [-0.4, -0.2) is 74.9 Å². The number of hydrogen-bond donors (Lipinski definition) is 1. The summed E-state index contributed by atoms with van der Waals surface area (Å²) in [5.74, 6) is -0.812. The van der Waals surface area contributed by atoms with E-state index >= 15 is 0 Å². The molecular weight excluding hydrogens is 593 g/mol. The van der Waals surface area contributed by atoms with E-state index in [9.17, 15) is 19.0 Å². The molecule has 0 radical (unpaired) electrons. The molecule has 0 saturated carbocycles. The van der Waals surface area contributed by atoms with E-state index in [1.54, 1.807) is 0 Å². The van der Waals surface area contributed by atoms with Crippen molar-refractivity contribution in [2.24, 2.45) is 0 Å². The number of likely N-dealkylation sites (N-methyl/N-ethyl adjacent to an activating group) is 1. The fraction of sp³-hybridized carbons (Fsp3) is 0.886. The minimum atomic E-state index is -4.36. The number of phosphoric acid groups is 1. The summed E-state index contributed by atoms with van der Waals surface area (Å²) in [5.41, 5.74) is 0. The lowest BCUT2D eigenvalue weighted by molar-refractivity contribution is -0.870. The second kappa shape index (κ2) is 28.9. The van der Waals surface area contributed by atoms with Gasteiger partial charge in [-0.05, 0) is 32.1 Å². The highest BCUT2D eigenvalue weighted by molar-refractivity contribution is 7.47. The van der Waals surface area contributed by atoms with Gasteiger partial charge in [0.15, 0.2) is 6.10 Å². The van der Waals surface area contributed by atoms with E-state index in [2.05, 4.69) is 26.0 Å². The summed E-state index contributed by atoms with van der Waals surface area (Å²) in [7, 11) is 1.47. The van der Waals surface area contributed by atoms with Gasteiger partial charge in [0.25, 0.3) is 0 Å². The van der Waals surface area contributed by atoms with Gasteiger partial charge in [-0.2, -0.15) is 0 Å². The molecule has 1 N–H and O–H groups in total. The van der Waals surface area contributed by atoms with Crippen LogP contribution in [0.15, 0.2) is 12.2 Å². The Hall–Kier alpha value is -1.25. The maximum atomic E-state index is 12.5. The van der Waals surface area contributed by atoms with Gasteiger partial charge in [-0.1, -0.05) is 116 Å². The minimum Gasteiger partial charge on any atom is -0.462 e. The smallest absolute Gasteiger partial charge is 0.462 e.